The van der Waals surface area contributed by atoms with Crippen LogP contribution in [0.2, 0.25) is 5.02 Å². The molecule has 7 heteroatoms. The predicted octanol–water partition coefficient (Wildman–Crippen LogP) is 3.26. The van der Waals surface area contributed by atoms with Gasteiger partial charge in [0.25, 0.3) is 5.56 Å². The van der Waals surface area contributed by atoms with Gasteiger partial charge >= 0.3 is 0 Å². The van der Waals surface area contributed by atoms with Gasteiger partial charge in [-0.15, -0.1) is 0 Å². The highest BCUT2D eigenvalue weighted by Crippen LogP contribution is 2.34. The van der Waals surface area contributed by atoms with E-state index < -0.39 is 0 Å². The monoisotopic (exact) mass is 386 g/mol. The number of halogens is 2. The van der Waals surface area contributed by atoms with Crippen LogP contribution in [0, 0.1) is 12.7 Å². The number of hydrogen-bond donors (Lipinski definition) is 1. The summed E-state index contributed by atoms with van der Waals surface area (Å²) < 4.78 is 15.4. The van der Waals surface area contributed by atoms with Crippen LogP contribution in [0.15, 0.2) is 29.1 Å². The standard InChI is InChI=1S/C20H20ClFN4O/c1-11-6-19-23-18-9-14-4-3-13(8-15(18)20(27)26(19)24-11)25(14)10-12-2-5-16(21)17(22)7-12/h2,5-7,13-14,24H,3-4,8-10H2,1H3. The Morgan fingerprint density at radius 1 is 1.26 bits per heavy atom. The van der Waals surface area contributed by atoms with Gasteiger partial charge in [0.2, 0.25) is 0 Å². The molecule has 0 spiro atoms. The zero-order valence-electron chi connectivity index (χ0n) is 15.0. The SMILES string of the molecule is Cc1cc2nc3c(c(=O)n2[nH]1)CC1CCC(C3)N1Cc1ccc(Cl)c(F)c1. The molecule has 27 heavy (non-hydrogen) atoms. The number of H-pyrrole nitrogens is 1. The van der Waals surface area contributed by atoms with Gasteiger partial charge in [-0.05, 0) is 43.9 Å². The molecule has 2 aromatic heterocycles. The molecule has 1 fully saturated rings. The minimum atomic E-state index is -0.385. The largest absolute Gasteiger partial charge is 0.294 e. The van der Waals surface area contributed by atoms with Crippen molar-refractivity contribution in [3.63, 3.8) is 0 Å². The Labute approximate surface area is 160 Å². The summed E-state index contributed by atoms with van der Waals surface area (Å²) in [4.78, 5) is 20.2. The fourth-order valence-corrected chi connectivity index (χ4v) is 4.74. The third-order valence-electron chi connectivity index (χ3n) is 5.91. The average Bonchev–Trinajstić information content (AvgIpc) is 3.12. The highest BCUT2D eigenvalue weighted by Gasteiger charge is 2.38. The maximum atomic E-state index is 13.8. The number of fused-ring (bicyclic) bond motifs is 4. The molecule has 2 aliphatic heterocycles. The van der Waals surface area contributed by atoms with Crippen LogP contribution in [-0.2, 0) is 19.4 Å². The molecule has 2 unspecified atom stereocenters. The van der Waals surface area contributed by atoms with E-state index in [0.717, 1.165) is 41.8 Å². The lowest BCUT2D eigenvalue weighted by Gasteiger charge is -2.27. The zero-order valence-corrected chi connectivity index (χ0v) is 15.8. The Morgan fingerprint density at radius 3 is 2.81 bits per heavy atom. The van der Waals surface area contributed by atoms with E-state index in [2.05, 4.69) is 10.00 Å². The van der Waals surface area contributed by atoms with Crippen LogP contribution in [-0.4, -0.2) is 31.6 Å². The van der Waals surface area contributed by atoms with Gasteiger partial charge in [-0.2, -0.15) is 0 Å². The number of nitrogens with one attached hydrogen (secondary N) is 1. The first-order chi connectivity index (χ1) is 13.0. The van der Waals surface area contributed by atoms with E-state index in [1.807, 2.05) is 19.1 Å². The number of aromatic amines is 1. The molecule has 5 nitrogen and oxygen atoms in total. The molecule has 0 aliphatic carbocycles. The van der Waals surface area contributed by atoms with Crippen LogP contribution in [0.3, 0.4) is 0 Å². The minimum absolute atomic E-state index is 0.00753. The third-order valence-corrected chi connectivity index (χ3v) is 6.22. The van der Waals surface area contributed by atoms with Crippen molar-refractivity contribution in [2.75, 3.05) is 0 Å². The van der Waals surface area contributed by atoms with Crippen molar-refractivity contribution in [1.29, 1.82) is 0 Å². The second-order valence-corrected chi connectivity index (χ2v) is 8.10. The van der Waals surface area contributed by atoms with Gasteiger partial charge in [0, 0.05) is 42.4 Å². The lowest BCUT2D eigenvalue weighted by Crippen LogP contribution is -2.36. The number of rotatable bonds is 2. The Hall–Kier alpha value is -2.18. The predicted molar refractivity (Wildman–Crippen MR) is 102 cm³/mol. The molecule has 1 aromatic carbocycles. The van der Waals surface area contributed by atoms with Crippen LogP contribution < -0.4 is 5.56 Å². The van der Waals surface area contributed by atoms with Gasteiger partial charge < -0.3 is 0 Å². The molecule has 1 saturated heterocycles. The molecule has 1 N–H and O–H groups in total. The van der Waals surface area contributed by atoms with Gasteiger partial charge in [0.15, 0.2) is 5.65 Å². The van der Waals surface area contributed by atoms with Gasteiger partial charge in [-0.1, -0.05) is 17.7 Å². The molecule has 2 aliphatic rings. The van der Waals surface area contributed by atoms with E-state index in [0.29, 0.717) is 24.7 Å². The van der Waals surface area contributed by atoms with Crippen LogP contribution in [0.25, 0.3) is 5.65 Å². The highest BCUT2D eigenvalue weighted by molar-refractivity contribution is 6.30. The maximum absolute atomic E-state index is 13.8. The highest BCUT2D eigenvalue weighted by atomic mass is 35.5. The Bertz CT molecular complexity index is 1110. The zero-order chi connectivity index (χ0) is 18.7. The molecule has 4 heterocycles. The molecule has 140 valence electrons. The van der Waals surface area contributed by atoms with Crippen LogP contribution in [0.1, 0.15) is 35.4 Å². The smallest absolute Gasteiger partial charge is 0.276 e. The van der Waals surface area contributed by atoms with Crippen LogP contribution in [0.5, 0.6) is 0 Å². The quantitative estimate of drug-likeness (QED) is 0.735. The molecule has 0 saturated carbocycles. The van der Waals surface area contributed by atoms with Crippen molar-refractivity contribution in [2.24, 2.45) is 0 Å². The Kier molecular flexibility index (Phi) is 3.88. The lowest BCUT2D eigenvalue weighted by atomic mass is 9.98. The molecule has 5 rings (SSSR count). The summed E-state index contributed by atoms with van der Waals surface area (Å²) in [6.45, 7) is 2.59. The summed E-state index contributed by atoms with van der Waals surface area (Å²) in [6, 6.07) is 7.50. The summed E-state index contributed by atoms with van der Waals surface area (Å²) >= 11 is 5.81. The summed E-state index contributed by atoms with van der Waals surface area (Å²) in [7, 11) is 0. The second-order valence-electron chi connectivity index (χ2n) is 7.69. The molecule has 3 aromatic rings. The van der Waals surface area contributed by atoms with E-state index >= 15 is 0 Å². The summed E-state index contributed by atoms with van der Waals surface area (Å²) in [5.74, 6) is -0.385. The van der Waals surface area contributed by atoms with Gasteiger partial charge in [0.1, 0.15) is 5.82 Å². The number of benzene rings is 1. The van der Waals surface area contributed by atoms with E-state index in [1.165, 1.54) is 6.07 Å². The topological polar surface area (TPSA) is 53.4 Å². The average molecular weight is 387 g/mol. The first kappa shape index (κ1) is 17.0. The fourth-order valence-electron chi connectivity index (χ4n) is 4.62. The number of nitrogens with zero attached hydrogens (tertiary/aromatic N) is 3. The summed E-state index contributed by atoms with van der Waals surface area (Å²) in [5.41, 5.74) is 4.25. The van der Waals surface area contributed by atoms with Crippen molar-refractivity contribution in [3.05, 3.63) is 68.0 Å². The molecule has 2 bridgehead atoms. The number of aromatic nitrogens is 3. The first-order valence-corrected chi connectivity index (χ1v) is 9.67. The van der Waals surface area contributed by atoms with E-state index in [4.69, 9.17) is 16.6 Å². The molecular weight excluding hydrogens is 367 g/mol. The summed E-state index contributed by atoms with van der Waals surface area (Å²) in [5, 5.41) is 3.22. The Balaban J connectivity index is 1.51. The third kappa shape index (κ3) is 2.78. The normalized spacial score (nSPS) is 22.2. The van der Waals surface area contributed by atoms with Crippen molar-refractivity contribution in [1.82, 2.24) is 19.5 Å². The van der Waals surface area contributed by atoms with Crippen molar-refractivity contribution in [3.8, 4) is 0 Å². The van der Waals surface area contributed by atoms with E-state index in [1.54, 1.807) is 10.6 Å². The van der Waals surface area contributed by atoms with Crippen molar-refractivity contribution in [2.45, 2.75) is 51.2 Å². The first-order valence-electron chi connectivity index (χ1n) is 9.29. The molecule has 0 radical (unpaired) electrons. The van der Waals surface area contributed by atoms with Gasteiger partial charge in [-0.3, -0.25) is 14.8 Å². The second kappa shape index (κ2) is 6.17. The fraction of sp³-hybridized carbons (Fsp3) is 0.400. The molecular formula is C20H20ClFN4O. The van der Waals surface area contributed by atoms with Crippen molar-refractivity contribution >= 4 is 17.2 Å². The van der Waals surface area contributed by atoms with Gasteiger partial charge in [-0.25, -0.2) is 13.9 Å². The van der Waals surface area contributed by atoms with E-state index in [-0.39, 0.29) is 22.4 Å². The van der Waals surface area contributed by atoms with E-state index in [9.17, 15) is 9.18 Å². The molecule has 0 amide bonds. The summed E-state index contributed by atoms with van der Waals surface area (Å²) in [6.07, 6.45) is 3.58. The number of hydrogen-bond acceptors (Lipinski definition) is 3. The van der Waals surface area contributed by atoms with Gasteiger partial charge in [0.05, 0.1) is 10.7 Å². The van der Waals surface area contributed by atoms with Crippen LogP contribution in [0.4, 0.5) is 4.39 Å². The lowest BCUT2D eigenvalue weighted by molar-refractivity contribution is 0.187. The number of aryl methyl sites for hydroxylation is 1. The van der Waals surface area contributed by atoms with Crippen molar-refractivity contribution < 1.29 is 4.39 Å². The Morgan fingerprint density at radius 2 is 2.04 bits per heavy atom. The molecule has 2 atom stereocenters. The maximum Gasteiger partial charge on any atom is 0.276 e. The minimum Gasteiger partial charge on any atom is -0.294 e. The van der Waals surface area contributed by atoms with Crippen LogP contribution >= 0.6 is 11.6 Å².